The molecule has 1 atom stereocenters. The fourth-order valence-corrected chi connectivity index (χ4v) is 6.10. The standard InChI is InChI=1S/C48H81NO5/c1-3-5-7-9-11-13-15-17-19-20-21-22-23-24-25-27-29-31-33-35-37-43-48(53)54-45(41-38-39-42-46(50)49-44-47(51)52)40-36-34-32-30-28-26-18-16-14-12-10-8-6-4-2/h6,8,12,14,18,20-21,26,30,32,36,40,45H,3-5,7,9-11,13,15-17,19,22-25,27-29,31,33-35,37-39,41-44H2,1-2H3,(H,49,50)(H,51,52)/b8-6-,14-12-,21-20-,26-18-,32-30-,40-36-. The number of esters is 1. The Morgan fingerprint density at radius 1 is 0.519 bits per heavy atom. The van der Waals surface area contributed by atoms with Crippen molar-refractivity contribution in [2.45, 2.75) is 206 Å². The molecule has 0 aliphatic carbocycles. The molecule has 0 aliphatic heterocycles. The van der Waals surface area contributed by atoms with Crippen molar-refractivity contribution in [3.63, 3.8) is 0 Å². The highest BCUT2D eigenvalue weighted by atomic mass is 16.5. The summed E-state index contributed by atoms with van der Waals surface area (Å²) in [5.74, 6) is -1.48. The zero-order valence-corrected chi connectivity index (χ0v) is 34.8. The van der Waals surface area contributed by atoms with Gasteiger partial charge in [0.1, 0.15) is 12.6 Å². The molecule has 0 radical (unpaired) electrons. The summed E-state index contributed by atoms with van der Waals surface area (Å²) in [4.78, 5) is 35.2. The second kappa shape index (κ2) is 42.6. The fourth-order valence-electron chi connectivity index (χ4n) is 6.10. The number of unbranched alkanes of at least 4 members (excludes halogenated alkanes) is 18. The molecule has 0 fully saturated rings. The van der Waals surface area contributed by atoms with Gasteiger partial charge in [-0.3, -0.25) is 14.4 Å². The third-order valence-corrected chi connectivity index (χ3v) is 9.35. The van der Waals surface area contributed by atoms with Gasteiger partial charge in [-0.1, -0.05) is 171 Å². The van der Waals surface area contributed by atoms with Gasteiger partial charge in [-0.25, -0.2) is 0 Å². The fraction of sp³-hybridized carbons (Fsp3) is 0.688. The van der Waals surface area contributed by atoms with Crippen molar-refractivity contribution in [2.24, 2.45) is 0 Å². The quantitative estimate of drug-likeness (QED) is 0.0371. The number of carboxylic acids is 1. The maximum absolute atomic E-state index is 12.7. The first-order valence-corrected chi connectivity index (χ1v) is 22.1. The zero-order chi connectivity index (χ0) is 39.4. The molecule has 6 heteroatoms. The van der Waals surface area contributed by atoms with E-state index in [9.17, 15) is 14.4 Å². The number of hydrogen-bond acceptors (Lipinski definition) is 4. The molecule has 0 spiro atoms. The number of allylic oxidation sites excluding steroid dienone is 11. The van der Waals surface area contributed by atoms with Crippen LogP contribution in [-0.4, -0.2) is 35.6 Å². The second-order valence-corrected chi connectivity index (χ2v) is 14.6. The Balaban J connectivity index is 4.18. The van der Waals surface area contributed by atoms with Gasteiger partial charge >= 0.3 is 11.9 Å². The summed E-state index contributed by atoms with van der Waals surface area (Å²) in [5, 5.41) is 11.1. The number of nitrogens with one attached hydrogen (secondary N) is 1. The summed E-state index contributed by atoms with van der Waals surface area (Å²) < 4.78 is 5.84. The molecule has 1 amide bonds. The minimum Gasteiger partial charge on any atom is -0.480 e. The van der Waals surface area contributed by atoms with Crippen LogP contribution in [0.3, 0.4) is 0 Å². The van der Waals surface area contributed by atoms with Gasteiger partial charge in [0.2, 0.25) is 5.91 Å². The monoisotopic (exact) mass is 752 g/mol. The van der Waals surface area contributed by atoms with Crippen LogP contribution in [0.15, 0.2) is 72.9 Å². The highest BCUT2D eigenvalue weighted by Gasteiger charge is 2.12. The molecule has 0 saturated heterocycles. The van der Waals surface area contributed by atoms with E-state index >= 15 is 0 Å². The van der Waals surface area contributed by atoms with Gasteiger partial charge in [-0.2, -0.15) is 0 Å². The number of ether oxygens (including phenoxy) is 1. The molecule has 0 aliphatic rings. The Bertz CT molecular complexity index is 1050. The summed E-state index contributed by atoms with van der Waals surface area (Å²) in [6.45, 7) is 4.06. The maximum Gasteiger partial charge on any atom is 0.322 e. The van der Waals surface area contributed by atoms with Crippen LogP contribution in [0.1, 0.15) is 200 Å². The van der Waals surface area contributed by atoms with Gasteiger partial charge in [-0.05, 0) is 89.5 Å². The summed E-state index contributed by atoms with van der Waals surface area (Å²) in [6, 6.07) is 0. The molecule has 0 bridgehead atoms. The van der Waals surface area contributed by atoms with Crippen molar-refractivity contribution in [3.05, 3.63) is 72.9 Å². The minimum atomic E-state index is -1.05. The van der Waals surface area contributed by atoms with E-state index in [2.05, 4.69) is 79.9 Å². The first kappa shape index (κ1) is 50.9. The number of hydrogen-bond donors (Lipinski definition) is 2. The average molecular weight is 752 g/mol. The average Bonchev–Trinajstić information content (AvgIpc) is 3.16. The normalized spacial score (nSPS) is 12.8. The Hall–Kier alpha value is -3.15. The molecule has 0 saturated carbocycles. The number of amides is 1. The van der Waals surface area contributed by atoms with Crippen LogP contribution in [0.4, 0.5) is 0 Å². The van der Waals surface area contributed by atoms with Gasteiger partial charge < -0.3 is 15.2 Å². The summed E-state index contributed by atoms with van der Waals surface area (Å²) in [7, 11) is 0. The van der Waals surface area contributed by atoms with Gasteiger partial charge in [0.25, 0.3) is 0 Å². The first-order valence-electron chi connectivity index (χ1n) is 22.1. The van der Waals surface area contributed by atoms with Crippen molar-refractivity contribution in [2.75, 3.05) is 6.54 Å². The molecule has 0 heterocycles. The van der Waals surface area contributed by atoms with Crippen molar-refractivity contribution in [1.82, 2.24) is 5.32 Å². The number of aliphatic carboxylic acids is 1. The molecular formula is C48H81NO5. The Kier molecular flexibility index (Phi) is 40.1. The predicted octanol–water partition coefficient (Wildman–Crippen LogP) is 13.8. The van der Waals surface area contributed by atoms with Crippen molar-refractivity contribution in [1.29, 1.82) is 0 Å². The Morgan fingerprint density at radius 3 is 1.46 bits per heavy atom. The number of carboxylic acid groups (broad SMARTS) is 1. The van der Waals surface area contributed by atoms with Gasteiger partial charge in [0, 0.05) is 12.8 Å². The highest BCUT2D eigenvalue weighted by molar-refractivity contribution is 5.80. The summed E-state index contributed by atoms with van der Waals surface area (Å²) >= 11 is 0. The van der Waals surface area contributed by atoms with Crippen LogP contribution in [0.5, 0.6) is 0 Å². The summed E-state index contributed by atoms with van der Waals surface area (Å²) in [5.41, 5.74) is 0. The maximum atomic E-state index is 12.7. The lowest BCUT2D eigenvalue weighted by Gasteiger charge is -2.14. The molecular weight excluding hydrogens is 671 g/mol. The number of carbonyl (C=O) groups is 3. The van der Waals surface area contributed by atoms with E-state index in [4.69, 9.17) is 9.84 Å². The third kappa shape index (κ3) is 41.6. The van der Waals surface area contributed by atoms with E-state index in [0.29, 0.717) is 25.7 Å². The second-order valence-electron chi connectivity index (χ2n) is 14.6. The largest absolute Gasteiger partial charge is 0.480 e. The SMILES string of the molecule is CC/C=C\C/C=C\C/C=C\C/C=C\C/C=C\C(CCCCC(=O)NCC(=O)O)OC(=O)CCCCCCCCCCC/C=C\CCCCCCCCCC. The van der Waals surface area contributed by atoms with Gasteiger partial charge in [0.05, 0.1) is 0 Å². The zero-order valence-electron chi connectivity index (χ0n) is 34.8. The van der Waals surface area contributed by atoms with Gasteiger partial charge in [-0.15, -0.1) is 0 Å². The molecule has 0 rings (SSSR count). The van der Waals surface area contributed by atoms with Crippen LogP contribution in [0.25, 0.3) is 0 Å². The van der Waals surface area contributed by atoms with E-state index in [-0.39, 0.29) is 30.9 Å². The third-order valence-electron chi connectivity index (χ3n) is 9.35. The Morgan fingerprint density at radius 2 is 0.963 bits per heavy atom. The molecule has 308 valence electrons. The van der Waals surface area contributed by atoms with Crippen LogP contribution >= 0.6 is 0 Å². The highest BCUT2D eigenvalue weighted by Crippen LogP contribution is 2.15. The molecule has 0 aromatic carbocycles. The van der Waals surface area contributed by atoms with Crippen molar-refractivity contribution < 1.29 is 24.2 Å². The summed E-state index contributed by atoms with van der Waals surface area (Å²) in [6.07, 6.45) is 57.6. The topological polar surface area (TPSA) is 92.7 Å². The minimum absolute atomic E-state index is 0.160. The van der Waals surface area contributed by atoms with E-state index in [0.717, 1.165) is 51.4 Å². The lowest BCUT2D eigenvalue weighted by atomic mass is 10.1. The van der Waals surface area contributed by atoms with E-state index in [1.54, 1.807) is 0 Å². The first-order chi connectivity index (χ1) is 26.5. The van der Waals surface area contributed by atoms with E-state index < -0.39 is 5.97 Å². The van der Waals surface area contributed by atoms with Crippen LogP contribution < -0.4 is 5.32 Å². The molecule has 0 aromatic rings. The van der Waals surface area contributed by atoms with Crippen LogP contribution in [0, 0.1) is 0 Å². The molecule has 2 N–H and O–H groups in total. The Labute approximate surface area is 332 Å². The molecule has 1 unspecified atom stereocenters. The van der Waals surface area contributed by atoms with Gasteiger partial charge in [0.15, 0.2) is 0 Å². The number of rotatable bonds is 39. The van der Waals surface area contributed by atoms with E-state index in [1.165, 1.54) is 103 Å². The predicted molar refractivity (Wildman–Crippen MR) is 231 cm³/mol. The molecule has 54 heavy (non-hydrogen) atoms. The lowest BCUT2D eigenvalue weighted by Crippen LogP contribution is -2.28. The molecule has 0 aromatic heterocycles. The number of carbonyl (C=O) groups excluding carboxylic acids is 2. The van der Waals surface area contributed by atoms with Crippen LogP contribution in [-0.2, 0) is 19.1 Å². The van der Waals surface area contributed by atoms with Crippen molar-refractivity contribution in [3.8, 4) is 0 Å². The van der Waals surface area contributed by atoms with E-state index in [1.807, 2.05) is 12.2 Å². The smallest absolute Gasteiger partial charge is 0.322 e. The van der Waals surface area contributed by atoms with Crippen LogP contribution in [0.2, 0.25) is 0 Å². The van der Waals surface area contributed by atoms with Crippen molar-refractivity contribution >= 4 is 17.8 Å². The molecule has 6 nitrogen and oxygen atoms in total. The lowest BCUT2D eigenvalue weighted by molar-refractivity contribution is -0.147.